The molecule has 12 heteroatoms. The predicted octanol–water partition coefficient (Wildman–Crippen LogP) is 1.96. The van der Waals surface area contributed by atoms with E-state index in [1.54, 1.807) is 17.0 Å². The molecule has 2 atom stereocenters. The molecular weight excluding hydrogens is 510 g/mol. The van der Waals surface area contributed by atoms with Crippen LogP contribution in [0, 0.1) is 12.8 Å². The average Bonchev–Trinajstić information content (AvgIpc) is 2.83. The molecule has 0 aliphatic carbocycles. The smallest absolute Gasteiger partial charge is 0.326 e. The van der Waals surface area contributed by atoms with Crippen molar-refractivity contribution in [1.29, 1.82) is 0 Å². The Hall–Kier alpha value is -1.76. The van der Waals surface area contributed by atoms with E-state index < -0.39 is 28.1 Å². The number of carboxylic acid groups (broad SMARTS) is 1. The molecular formula is C23H35N3O6S3. The van der Waals surface area contributed by atoms with E-state index in [9.17, 15) is 27.9 Å². The number of carbonyl (C=O) groups excluding carboxylic acids is 2. The minimum absolute atomic E-state index is 0.106. The summed E-state index contributed by atoms with van der Waals surface area (Å²) in [6, 6.07) is 4.62. The Labute approximate surface area is 216 Å². The average molecular weight is 546 g/mol. The molecule has 0 saturated carbocycles. The monoisotopic (exact) mass is 545 g/mol. The lowest BCUT2D eigenvalue weighted by Crippen LogP contribution is -2.52. The van der Waals surface area contributed by atoms with E-state index in [0.29, 0.717) is 50.3 Å². The Balaban J connectivity index is 2.00. The molecule has 0 spiro atoms. The van der Waals surface area contributed by atoms with Crippen molar-refractivity contribution in [2.45, 2.75) is 49.6 Å². The van der Waals surface area contributed by atoms with Crippen molar-refractivity contribution in [2.75, 3.05) is 37.1 Å². The molecule has 1 heterocycles. The number of benzene rings is 1. The molecule has 2 rings (SSSR count). The second kappa shape index (κ2) is 14.1. The van der Waals surface area contributed by atoms with Crippen molar-refractivity contribution in [3.8, 4) is 0 Å². The first kappa shape index (κ1) is 29.5. The van der Waals surface area contributed by atoms with E-state index in [1.165, 1.54) is 35.7 Å². The number of thioether (sulfide) groups is 2. The summed E-state index contributed by atoms with van der Waals surface area (Å²) >= 11 is 3.04. The van der Waals surface area contributed by atoms with Gasteiger partial charge < -0.3 is 15.3 Å². The van der Waals surface area contributed by atoms with Gasteiger partial charge in [-0.1, -0.05) is 17.7 Å². The summed E-state index contributed by atoms with van der Waals surface area (Å²) in [6.45, 7) is 2.48. The van der Waals surface area contributed by atoms with Crippen molar-refractivity contribution in [3.05, 3.63) is 29.8 Å². The lowest BCUT2D eigenvalue weighted by atomic mass is 9.95. The number of nitrogens with one attached hydrogen (secondary N) is 2. The number of carboxylic acids is 1. The molecule has 1 fully saturated rings. The fraction of sp³-hybridized carbons (Fsp3) is 0.609. The standard InChI is InChI=1S/C23H35N3O6S3/c1-16-4-6-18(7-5-16)35(31,32)25-19(10-14-33-2)22(28)26-12-8-17(9-13-26)21(27)24-20(23(29)30)11-15-34-3/h4-7,17,19-20,25H,8-15H2,1-3H3,(H,24,27)(H,29,30). The largest absolute Gasteiger partial charge is 0.480 e. The summed E-state index contributed by atoms with van der Waals surface area (Å²) in [4.78, 5) is 39.0. The summed E-state index contributed by atoms with van der Waals surface area (Å²) in [5.41, 5.74) is 0.935. The van der Waals surface area contributed by atoms with Crippen molar-refractivity contribution >= 4 is 51.3 Å². The maximum absolute atomic E-state index is 13.2. The number of hydrogen-bond donors (Lipinski definition) is 3. The first-order valence-corrected chi connectivity index (χ1v) is 15.7. The summed E-state index contributed by atoms with van der Waals surface area (Å²) in [5, 5.41) is 12.0. The van der Waals surface area contributed by atoms with E-state index in [4.69, 9.17) is 0 Å². The van der Waals surface area contributed by atoms with Crippen LogP contribution in [0.4, 0.5) is 0 Å². The highest BCUT2D eigenvalue weighted by atomic mass is 32.2. The van der Waals surface area contributed by atoms with Gasteiger partial charge >= 0.3 is 5.97 Å². The van der Waals surface area contributed by atoms with E-state index in [0.717, 1.165) is 5.56 Å². The van der Waals surface area contributed by atoms with Crippen LogP contribution in [0.15, 0.2) is 29.2 Å². The topological polar surface area (TPSA) is 133 Å². The summed E-state index contributed by atoms with van der Waals surface area (Å²) < 4.78 is 28.3. The first-order valence-electron chi connectivity index (χ1n) is 11.5. The van der Waals surface area contributed by atoms with Crippen molar-refractivity contribution in [3.63, 3.8) is 0 Å². The van der Waals surface area contributed by atoms with Crippen LogP contribution in [0.25, 0.3) is 0 Å². The van der Waals surface area contributed by atoms with Crippen LogP contribution in [0.3, 0.4) is 0 Å². The van der Waals surface area contributed by atoms with Crippen LogP contribution in [-0.2, 0) is 24.4 Å². The Morgan fingerprint density at radius 3 is 2.09 bits per heavy atom. The number of aliphatic carboxylic acids is 1. The Kier molecular flexibility index (Phi) is 11.9. The third-order valence-electron chi connectivity index (χ3n) is 5.94. The van der Waals surface area contributed by atoms with Gasteiger partial charge in [0.2, 0.25) is 21.8 Å². The van der Waals surface area contributed by atoms with Crippen LogP contribution in [0.5, 0.6) is 0 Å². The number of piperidine rings is 1. The Morgan fingerprint density at radius 2 is 1.57 bits per heavy atom. The third-order valence-corrected chi connectivity index (χ3v) is 8.72. The van der Waals surface area contributed by atoms with Gasteiger partial charge in [0, 0.05) is 19.0 Å². The van der Waals surface area contributed by atoms with Gasteiger partial charge in [0.15, 0.2) is 0 Å². The molecule has 1 aliphatic rings. The number of likely N-dealkylation sites (tertiary alicyclic amines) is 1. The number of aryl methyl sites for hydroxylation is 1. The lowest BCUT2D eigenvalue weighted by Gasteiger charge is -2.34. The van der Waals surface area contributed by atoms with Crippen molar-refractivity contribution < 1.29 is 27.9 Å². The third kappa shape index (κ3) is 9.00. The summed E-state index contributed by atoms with van der Waals surface area (Å²) in [5.74, 6) is -0.832. The maximum atomic E-state index is 13.2. The zero-order chi connectivity index (χ0) is 26.0. The van der Waals surface area contributed by atoms with Gasteiger partial charge in [-0.2, -0.15) is 28.2 Å². The molecule has 1 aromatic carbocycles. The molecule has 0 aromatic heterocycles. The van der Waals surface area contributed by atoms with E-state index in [1.807, 2.05) is 19.4 Å². The van der Waals surface area contributed by atoms with Crippen LogP contribution in [0.1, 0.15) is 31.2 Å². The summed E-state index contributed by atoms with van der Waals surface area (Å²) in [7, 11) is -3.87. The highest BCUT2D eigenvalue weighted by Crippen LogP contribution is 2.20. The predicted molar refractivity (Wildman–Crippen MR) is 140 cm³/mol. The molecule has 3 N–H and O–H groups in total. The highest BCUT2D eigenvalue weighted by Gasteiger charge is 2.34. The van der Waals surface area contributed by atoms with Gasteiger partial charge in [0.1, 0.15) is 12.1 Å². The molecule has 2 amide bonds. The molecule has 35 heavy (non-hydrogen) atoms. The fourth-order valence-electron chi connectivity index (χ4n) is 3.81. The molecule has 0 bridgehead atoms. The lowest BCUT2D eigenvalue weighted by molar-refractivity contribution is -0.143. The van der Waals surface area contributed by atoms with Crippen molar-refractivity contribution in [1.82, 2.24) is 14.9 Å². The van der Waals surface area contributed by atoms with Crippen LogP contribution in [0.2, 0.25) is 0 Å². The van der Waals surface area contributed by atoms with Crippen LogP contribution < -0.4 is 10.0 Å². The molecule has 9 nitrogen and oxygen atoms in total. The van der Waals surface area contributed by atoms with E-state index in [2.05, 4.69) is 10.0 Å². The number of rotatable bonds is 13. The van der Waals surface area contributed by atoms with Crippen molar-refractivity contribution in [2.24, 2.45) is 5.92 Å². The highest BCUT2D eigenvalue weighted by molar-refractivity contribution is 7.98. The first-order chi connectivity index (χ1) is 16.6. The molecule has 2 unspecified atom stereocenters. The number of hydrogen-bond acceptors (Lipinski definition) is 7. The second-order valence-electron chi connectivity index (χ2n) is 8.55. The zero-order valence-corrected chi connectivity index (χ0v) is 22.8. The van der Waals surface area contributed by atoms with Gasteiger partial charge in [-0.25, -0.2) is 13.2 Å². The fourth-order valence-corrected chi connectivity index (χ4v) is 5.97. The Bertz CT molecular complexity index is 963. The maximum Gasteiger partial charge on any atom is 0.326 e. The van der Waals surface area contributed by atoms with Crippen LogP contribution >= 0.6 is 23.5 Å². The number of amides is 2. The minimum Gasteiger partial charge on any atom is -0.480 e. The second-order valence-corrected chi connectivity index (χ2v) is 12.2. The van der Waals surface area contributed by atoms with Gasteiger partial charge in [-0.15, -0.1) is 0 Å². The van der Waals surface area contributed by atoms with E-state index >= 15 is 0 Å². The van der Waals surface area contributed by atoms with Gasteiger partial charge in [-0.05, 0) is 68.8 Å². The van der Waals surface area contributed by atoms with Gasteiger partial charge in [0.25, 0.3) is 0 Å². The molecule has 1 saturated heterocycles. The minimum atomic E-state index is -3.87. The summed E-state index contributed by atoms with van der Waals surface area (Å²) in [6.07, 6.45) is 5.25. The van der Waals surface area contributed by atoms with Gasteiger partial charge in [-0.3, -0.25) is 9.59 Å². The van der Waals surface area contributed by atoms with E-state index in [-0.39, 0.29) is 22.6 Å². The molecule has 1 aromatic rings. The quantitative estimate of drug-likeness (QED) is 0.343. The molecule has 1 aliphatic heterocycles. The van der Waals surface area contributed by atoms with Gasteiger partial charge in [0.05, 0.1) is 4.90 Å². The number of carbonyl (C=O) groups is 3. The normalized spacial score (nSPS) is 16.5. The Morgan fingerprint density at radius 1 is 1.03 bits per heavy atom. The SMILES string of the molecule is CSCCC(NC(=O)C1CCN(C(=O)C(CCSC)NS(=O)(=O)c2ccc(C)cc2)CC1)C(=O)O. The molecule has 0 radical (unpaired) electrons. The number of nitrogens with zero attached hydrogens (tertiary/aromatic N) is 1. The molecule has 196 valence electrons. The number of sulfonamides is 1. The zero-order valence-electron chi connectivity index (χ0n) is 20.4. The van der Waals surface area contributed by atoms with Crippen LogP contribution in [-0.4, -0.2) is 85.4 Å².